The first-order chi connectivity index (χ1) is 7.25. The van der Waals surface area contributed by atoms with Gasteiger partial charge in [0.2, 0.25) is 0 Å². The van der Waals surface area contributed by atoms with Gasteiger partial charge in [-0.1, -0.05) is 22.4 Å². The first kappa shape index (κ1) is 11.0. The van der Waals surface area contributed by atoms with Crippen molar-refractivity contribution in [1.29, 1.82) is 0 Å². The Hall–Kier alpha value is -0.540. The van der Waals surface area contributed by atoms with Crippen molar-refractivity contribution in [3.8, 4) is 5.75 Å². The van der Waals surface area contributed by atoms with Crippen molar-refractivity contribution in [2.24, 2.45) is 0 Å². The third kappa shape index (κ3) is 2.95. The normalized spacial score (nSPS) is 26.3. The molecule has 0 aromatic heterocycles. The summed E-state index contributed by atoms with van der Waals surface area (Å²) in [5.41, 5.74) is 0. The summed E-state index contributed by atoms with van der Waals surface area (Å²) in [6, 6.07) is 7.74. The quantitative estimate of drug-likeness (QED) is 0.895. The molecule has 1 N–H and O–H groups in total. The zero-order valence-electron chi connectivity index (χ0n) is 8.53. The van der Waals surface area contributed by atoms with Crippen LogP contribution < -0.4 is 4.74 Å². The highest BCUT2D eigenvalue weighted by molar-refractivity contribution is 9.10. The Labute approximate surface area is 98.4 Å². The van der Waals surface area contributed by atoms with Crippen LogP contribution in [0.5, 0.6) is 5.75 Å². The Morgan fingerprint density at radius 3 is 2.47 bits per heavy atom. The van der Waals surface area contributed by atoms with Crippen LogP contribution in [0.15, 0.2) is 28.7 Å². The molecule has 82 valence electrons. The Bertz CT molecular complexity index is 310. The van der Waals surface area contributed by atoms with E-state index in [1.807, 2.05) is 24.3 Å². The number of rotatable bonds is 2. The molecule has 15 heavy (non-hydrogen) atoms. The monoisotopic (exact) mass is 270 g/mol. The van der Waals surface area contributed by atoms with Crippen LogP contribution in [-0.4, -0.2) is 17.3 Å². The lowest BCUT2D eigenvalue weighted by Crippen LogP contribution is -2.34. The van der Waals surface area contributed by atoms with Crippen molar-refractivity contribution in [1.82, 2.24) is 0 Å². The smallest absolute Gasteiger partial charge is 0.124 e. The molecule has 2 rings (SSSR count). The van der Waals surface area contributed by atoms with Gasteiger partial charge in [0.1, 0.15) is 11.9 Å². The second-order valence-electron chi connectivity index (χ2n) is 3.96. The largest absolute Gasteiger partial charge is 0.488 e. The van der Waals surface area contributed by atoms with Gasteiger partial charge in [-0.05, 0) is 43.5 Å². The van der Waals surface area contributed by atoms with Gasteiger partial charge >= 0.3 is 0 Å². The number of hydrogen-bond acceptors (Lipinski definition) is 2. The number of aliphatic hydroxyl groups is 1. The standard InChI is InChI=1S/C12H15BrO2/c13-9-5-7-10(8-6-9)15-12-4-2-1-3-11(12)14/h5-8,11-12,14H,1-4H2/t11-,12+/m0/s1. The van der Waals surface area contributed by atoms with Crippen LogP contribution in [-0.2, 0) is 0 Å². The molecule has 1 aliphatic carbocycles. The molecule has 1 aromatic carbocycles. The number of aliphatic hydroxyl groups excluding tert-OH is 1. The topological polar surface area (TPSA) is 29.5 Å². The van der Waals surface area contributed by atoms with E-state index in [9.17, 15) is 5.11 Å². The van der Waals surface area contributed by atoms with Gasteiger partial charge in [-0.15, -0.1) is 0 Å². The summed E-state index contributed by atoms with van der Waals surface area (Å²) in [5.74, 6) is 0.837. The summed E-state index contributed by atoms with van der Waals surface area (Å²) in [6.07, 6.45) is 3.75. The van der Waals surface area contributed by atoms with E-state index in [1.165, 1.54) is 0 Å². The fraction of sp³-hybridized carbons (Fsp3) is 0.500. The Balaban J connectivity index is 1.98. The third-order valence-electron chi connectivity index (χ3n) is 2.77. The van der Waals surface area contributed by atoms with Gasteiger partial charge in [-0.25, -0.2) is 0 Å². The van der Waals surface area contributed by atoms with Crippen LogP contribution in [0.25, 0.3) is 0 Å². The lowest BCUT2D eigenvalue weighted by Gasteiger charge is -2.28. The summed E-state index contributed by atoms with van der Waals surface area (Å²) in [7, 11) is 0. The number of benzene rings is 1. The second kappa shape index (κ2) is 4.99. The van der Waals surface area contributed by atoms with E-state index in [-0.39, 0.29) is 12.2 Å². The molecule has 1 saturated carbocycles. The lowest BCUT2D eigenvalue weighted by molar-refractivity contribution is 0.00687. The number of hydrogen-bond donors (Lipinski definition) is 1. The van der Waals surface area contributed by atoms with Gasteiger partial charge in [0.15, 0.2) is 0 Å². The van der Waals surface area contributed by atoms with Crippen molar-refractivity contribution in [2.45, 2.75) is 37.9 Å². The fourth-order valence-electron chi connectivity index (χ4n) is 1.90. The molecule has 1 aliphatic rings. The van der Waals surface area contributed by atoms with Gasteiger partial charge in [0, 0.05) is 4.47 Å². The maximum absolute atomic E-state index is 9.75. The number of halogens is 1. The molecule has 0 saturated heterocycles. The van der Waals surface area contributed by atoms with Crippen molar-refractivity contribution in [2.75, 3.05) is 0 Å². The summed E-state index contributed by atoms with van der Waals surface area (Å²) in [6.45, 7) is 0. The molecule has 1 fully saturated rings. The molecule has 0 radical (unpaired) electrons. The average molecular weight is 271 g/mol. The molecule has 3 heteroatoms. The Kier molecular flexibility index (Phi) is 3.65. The van der Waals surface area contributed by atoms with Crippen LogP contribution in [0.3, 0.4) is 0 Å². The van der Waals surface area contributed by atoms with E-state index < -0.39 is 0 Å². The SMILES string of the molecule is O[C@H]1CCCC[C@H]1Oc1ccc(Br)cc1. The fourth-order valence-corrected chi connectivity index (χ4v) is 2.17. The zero-order valence-corrected chi connectivity index (χ0v) is 10.1. The lowest BCUT2D eigenvalue weighted by atomic mass is 9.95. The van der Waals surface area contributed by atoms with Gasteiger partial charge < -0.3 is 9.84 Å². The van der Waals surface area contributed by atoms with Crippen LogP contribution in [0.1, 0.15) is 25.7 Å². The maximum Gasteiger partial charge on any atom is 0.124 e. The van der Waals surface area contributed by atoms with Crippen LogP contribution in [0, 0.1) is 0 Å². The molecule has 0 bridgehead atoms. The first-order valence-corrected chi connectivity index (χ1v) is 6.15. The summed E-state index contributed by atoms with van der Waals surface area (Å²) in [5, 5.41) is 9.75. The van der Waals surface area contributed by atoms with Crippen molar-refractivity contribution >= 4 is 15.9 Å². The van der Waals surface area contributed by atoms with E-state index in [1.54, 1.807) is 0 Å². The molecule has 0 heterocycles. The maximum atomic E-state index is 9.75. The van der Waals surface area contributed by atoms with E-state index in [0.29, 0.717) is 0 Å². The Morgan fingerprint density at radius 1 is 1.13 bits per heavy atom. The molecular formula is C12H15BrO2. The highest BCUT2D eigenvalue weighted by Gasteiger charge is 2.24. The number of ether oxygens (including phenoxy) is 1. The van der Waals surface area contributed by atoms with E-state index in [2.05, 4.69) is 15.9 Å². The molecule has 2 nitrogen and oxygen atoms in total. The molecule has 2 atom stereocenters. The van der Waals surface area contributed by atoms with E-state index in [0.717, 1.165) is 35.9 Å². The molecular weight excluding hydrogens is 256 g/mol. The van der Waals surface area contributed by atoms with Crippen LogP contribution >= 0.6 is 15.9 Å². The minimum absolute atomic E-state index is 0.0278. The van der Waals surface area contributed by atoms with Crippen LogP contribution in [0.4, 0.5) is 0 Å². The zero-order chi connectivity index (χ0) is 10.7. The first-order valence-electron chi connectivity index (χ1n) is 5.36. The van der Waals surface area contributed by atoms with Gasteiger partial charge in [0.05, 0.1) is 6.10 Å². The van der Waals surface area contributed by atoms with Gasteiger partial charge in [-0.2, -0.15) is 0 Å². The highest BCUT2D eigenvalue weighted by atomic mass is 79.9. The van der Waals surface area contributed by atoms with E-state index in [4.69, 9.17) is 4.74 Å². The predicted octanol–water partition coefficient (Wildman–Crippen LogP) is 3.13. The van der Waals surface area contributed by atoms with Crippen molar-refractivity contribution in [3.05, 3.63) is 28.7 Å². The average Bonchev–Trinajstić information content (AvgIpc) is 2.25. The minimum Gasteiger partial charge on any atom is -0.488 e. The Morgan fingerprint density at radius 2 is 1.80 bits per heavy atom. The molecule has 1 aromatic rings. The van der Waals surface area contributed by atoms with Crippen molar-refractivity contribution < 1.29 is 9.84 Å². The third-order valence-corrected chi connectivity index (χ3v) is 3.30. The van der Waals surface area contributed by atoms with Crippen molar-refractivity contribution in [3.63, 3.8) is 0 Å². The van der Waals surface area contributed by atoms with Gasteiger partial charge in [0.25, 0.3) is 0 Å². The second-order valence-corrected chi connectivity index (χ2v) is 4.88. The summed E-state index contributed by atoms with van der Waals surface area (Å²) in [4.78, 5) is 0. The summed E-state index contributed by atoms with van der Waals surface area (Å²) >= 11 is 3.38. The summed E-state index contributed by atoms with van der Waals surface area (Å²) < 4.78 is 6.79. The molecule has 0 aliphatic heterocycles. The highest BCUT2D eigenvalue weighted by Crippen LogP contribution is 2.24. The predicted molar refractivity (Wildman–Crippen MR) is 63.0 cm³/mol. The minimum atomic E-state index is -0.303. The molecule has 0 amide bonds. The molecule has 0 unspecified atom stereocenters. The van der Waals surface area contributed by atoms with Gasteiger partial charge in [-0.3, -0.25) is 0 Å². The molecule has 0 spiro atoms. The van der Waals surface area contributed by atoms with Crippen LogP contribution in [0.2, 0.25) is 0 Å². The van der Waals surface area contributed by atoms with E-state index >= 15 is 0 Å².